The molecule has 1 aromatic carbocycles. The van der Waals surface area contributed by atoms with Crippen LogP contribution in [0.4, 0.5) is 0 Å². The molecule has 7 nitrogen and oxygen atoms in total. The smallest absolute Gasteiger partial charge is 0.225 e. The van der Waals surface area contributed by atoms with E-state index in [4.69, 9.17) is 16.6 Å². The summed E-state index contributed by atoms with van der Waals surface area (Å²) in [5.41, 5.74) is 4.99. The number of piperidine rings is 2. The van der Waals surface area contributed by atoms with Crippen molar-refractivity contribution in [3.05, 3.63) is 64.0 Å². The Kier molecular flexibility index (Phi) is 5.13. The third-order valence-corrected chi connectivity index (χ3v) is 8.14. The van der Waals surface area contributed by atoms with E-state index in [0.717, 1.165) is 59.3 Å². The lowest BCUT2D eigenvalue weighted by molar-refractivity contribution is -0.139. The molecule has 34 heavy (non-hydrogen) atoms. The highest BCUT2D eigenvalue weighted by atomic mass is 35.5. The van der Waals surface area contributed by atoms with Crippen LogP contribution in [0.2, 0.25) is 5.02 Å². The molecule has 8 heteroatoms. The molecule has 7 rings (SSSR count). The number of halogens is 1. The normalized spacial score (nSPS) is 23.4. The van der Waals surface area contributed by atoms with Crippen molar-refractivity contribution in [1.82, 2.24) is 24.2 Å². The van der Waals surface area contributed by atoms with Gasteiger partial charge in [-0.05, 0) is 57.6 Å². The molecule has 1 unspecified atom stereocenters. The van der Waals surface area contributed by atoms with Gasteiger partial charge in [0.1, 0.15) is 11.9 Å². The van der Waals surface area contributed by atoms with Crippen LogP contribution >= 0.6 is 11.6 Å². The molecule has 4 aliphatic rings. The number of carbonyl (C=O) groups is 1. The van der Waals surface area contributed by atoms with Crippen LogP contribution in [0, 0.1) is 19.8 Å². The first-order valence-electron chi connectivity index (χ1n) is 12.1. The van der Waals surface area contributed by atoms with Gasteiger partial charge in [-0.3, -0.25) is 14.4 Å². The molecule has 2 bridgehead atoms. The van der Waals surface area contributed by atoms with Crippen molar-refractivity contribution in [2.24, 2.45) is 18.0 Å². The van der Waals surface area contributed by atoms with Crippen LogP contribution in [0.15, 0.2) is 35.5 Å². The summed E-state index contributed by atoms with van der Waals surface area (Å²) in [7, 11) is 2.04. The second-order valence-corrected chi connectivity index (χ2v) is 10.4. The van der Waals surface area contributed by atoms with E-state index in [1.807, 2.05) is 38.2 Å². The highest BCUT2D eigenvalue weighted by molar-refractivity contribution is 6.30. The molecule has 2 saturated heterocycles. The van der Waals surface area contributed by atoms with E-state index in [1.165, 1.54) is 12.8 Å². The van der Waals surface area contributed by atoms with Gasteiger partial charge in [-0.15, -0.1) is 10.2 Å². The highest BCUT2D eigenvalue weighted by Crippen LogP contribution is 2.38. The van der Waals surface area contributed by atoms with Gasteiger partial charge in [-0.2, -0.15) is 0 Å². The van der Waals surface area contributed by atoms with Crippen LogP contribution in [-0.2, 0) is 11.8 Å². The maximum Gasteiger partial charge on any atom is 0.225 e. The fourth-order valence-electron chi connectivity index (χ4n) is 5.96. The molecule has 3 aliphatic heterocycles. The fourth-order valence-corrected chi connectivity index (χ4v) is 6.08. The van der Waals surface area contributed by atoms with Gasteiger partial charge in [0.2, 0.25) is 5.91 Å². The first-order chi connectivity index (χ1) is 16.4. The van der Waals surface area contributed by atoms with Crippen LogP contribution < -0.4 is 0 Å². The molecule has 0 N–H and O–H groups in total. The van der Waals surface area contributed by atoms with E-state index < -0.39 is 6.04 Å². The Morgan fingerprint density at radius 2 is 1.82 bits per heavy atom. The molecule has 3 fully saturated rings. The van der Waals surface area contributed by atoms with E-state index in [2.05, 4.69) is 37.4 Å². The Morgan fingerprint density at radius 3 is 2.50 bits per heavy atom. The van der Waals surface area contributed by atoms with Crippen molar-refractivity contribution in [3.63, 3.8) is 0 Å². The molecule has 0 radical (unpaired) electrons. The van der Waals surface area contributed by atoms with Crippen molar-refractivity contribution in [3.8, 4) is 5.69 Å². The van der Waals surface area contributed by atoms with E-state index in [0.29, 0.717) is 23.4 Å². The fraction of sp³-hybridized carbons (Fsp3) is 0.462. The first-order valence-corrected chi connectivity index (χ1v) is 12.5. The van der Waals surface area contributed by atoms with Crippen molar-refractivity contribution in [2.75, 3.05) is 6.54 Å². The zero-order valence-corrected chi connectivity index (χ0v) is 20.6. The molecule has 1 saturated carbocycles. The third kappa shape index (κ3) is 3.40. The number of nitrogens with zero attached hydrogens (tertiary/aromatic N) is 6. The van der Waals surface area contributed by atoms with Gasteiger partial charge in [0.05, 0.1) is 17.8 Å². The number of benzene rings is 1. The summed E-state index contributed by atoms with van der Waals surface area (Å²) in [5, 5.41) is 9.60. The number of aryl methyl sites for hydroxylation is 2. The van der Waals surface area contributed by atoms with Gasteiger partial charge in [-0.25, -0.2) is 0 Å². The molecule has 5 heterocycles. The predicted octanol–water partition coefficient (Wildman–Crippen LogP) is 4.56. The minimum absolute atomic E-state index is 0.176. The third-order valence-electron chi connectivity index (χ3n) is 7.89. The summed E-state index contributed by atoms with van der Waals surface area (Å²) in [4.78, 5) is 20.9. The first kappa shape index (κ1) is 21.6. The SMILES string of the molecule is Cc1c2c(cn1C)-n1c(C)nnc1C(CC(=O)N1CC3CCC1CC3)N=C2c1ccc(Cl)cc1. The van der Waals surface area contributed by atoms with Gasteiger partial charge in [-0.1, -0.05) is 23.7 Å². The van der Waals surface area contributed by atoms with E-state index >= 15 is 0 Å². The summed E-state index contributed by atoms with van der Waals surface area (Å²) < 4.78 is 4.18. The number of carbonyl (C=O) groups excluding carboxylic acids is 1. The number of hydrogen-bond donors (Lipinski definition) is 0. The zero-order chi connectivity index (χ0) is 23.6. The summed E-state index contributed by atoms with van der Waals surface area (Å²) in [6.07, 6.45) is 7.15. The zero-order valence-electron chi connectivity index (χ0n) is 19.8. The second kappa shape index (κ2) is 8.08. The van der Waals surface area contributed by atoms with Crippen molar-refractivity contribution in [2.45, 2.75) is 58.0 Å². The maximum absolute atomic E-state index is 13.6. The van der Waals surface area contributed by atoms with E-state index in [1.54, 1.807) is 0 Å². The van der Waals surface area contributed by atoms with Gasteiger partial charge < -0.3 is 9.47 Å². The minimum atomic E-state index is -0.406. The molecular weight excluding hydrogens is 448 g/mol. The molecule has 1 aliphatic carbocycles. The number of aromatic nitrogens is 4. The summed E-state index contributed by atoms with van der Waals surface area (Å²) in [5.74, 6) is 2.34. The van der Waals surface area contributed by atoms with Crippen LogP contribution in [0.5, 0.6) is 0 Å². The Balaban J connectivity index is 1.47. The average Bonchev–Trinajstić information content (AvgIpc) is 3.32. The minimum Gasteiger partial charge on any atom is -0.352 e. The Bertz CT molecular complexity index is 1300. The molecule has 176 valence electrons. The molecule has 3 aromatic rings. The second-order valence-electron chi connectivity index (χ2n) is 9.95. The number of fused-ring (bicyclic) bond motifs is 6. The van der Waals surface area contributed by atoms with Crippen LogP contribution in [-0.4, -0.2) is 48.4 Å². The predicted molar refractivity (Wildman–Crippen MR) is 132 cm³/mol. The molecule has 2 aromatic heterocycles. The molecular formula is C26H29ClN6O. The van der Waals surface area contributed by atoms with Gasteiger partial charge in [0.15, 0.2) is 5.82 Å². The lowest BCUT2D eigenvalue weighted by atomic mass is 9.80. The van der Waals surface area contributed by atoms with Crippen LogP contribution in [0.1, 0.15) is 66.6 Å². The molecule has 1 amide bonds. The summed E-state index contributed by atoms with van der Waals surface area (Å²) in [6.45, 7) is 4.94. The standard InChI is InChI=1S/C26H29ClN6O/c1-15-24-22(14-31(15)3)33-16(2)29-30-26(33)21(28-25(24)18-6-8-19(27)9-7-18)12-23(34)32-13-17-4-10-20(32)11-5-17/h6-9,14,17,20-21H,4-5,10-13H2,1-3H3. The van der Waals surface area contributed by atoms with Crippen LogP contribution in [0.25, 0.3) is 5.69 Å². The summed E-state index contributed by atoms with van der Waals surface area (Å²) in [6, 6.07) is 7.74. The topological polar surface area (TPSA) is 68.3 Å². The van der Waals surface area contributed by atoms with Gasteiger partial charge >= 0.3 is 0 Å². The van der Waals surface area contributed by atoms with Crippen molar-refractivity contribution >= 4 is 23.2 Å². The van der Waals surface area contributed by atoms with Crippen LogP contribution in [0.3, 0.4) is 0 Å². The maximum atomic E-state index is 13.6. The number of amides is 1. The monoisotopic (exact) mass is 476 g/mol. The van der Waals surface area contributed by atoms with Gasteiger partial charge in [0.25, 0.3) is 0 Å². The van der Waals surface area contributed by atoms with E-state index in [-0.39, 0.29) is 5.91 Å². The molecule has 1 atom stereocenters. The Morgan fingerprint density at radius 1 is 1.09 bits per heavy atom. The van der Waals surface area contributed by atoms with Gasteiger partial charge in [0, 0.05) is 47.7 Å². The Hall–Kier alpha value is -2.93. The summed E-state index contributed by atoms with van der Waals surface area (Å²) >= 11 is 6.19. The van der Waals surface area contributed by atoms with Crippen molar-refractivity contribution in [1.29, 1.82) is 0 Å². The quantitative estimate of drug-likeness (QED) is 0.556. The van der Waals surface area contributed by atoms with E-state index in [9.17, 15) is 4.79 Å². The lowest BCUT2D eigenvalue weighted by Crippen LogP contribution is -2.51. The number of hydrogen-bond acceptors (Lipinski definition) is 4. The largest absolute Gasteiger partial charge is 0.352 e. The Labute approximate surface area is 204 Å². The number of aliphatic imine (C=N–C) groups is 1. The highest BCUT2D eigenvalue weighted by Gasteiger charge is 2.38. The lowest BCUT2D eigenvalue weighted by Gasteiger charge is -2.45. The van der Waals surface area contributed by atoms with Crippen molar-refractivity contribution < 1.29 is 4.79 Å². The molecule has 0 spiro atoms. The average molecular weight is 477 g/mol. The number of rotatable bonds is 3.